The lowest BCUT2D eigenvalue weighted by Crippen LogP contribution is -2.26. The molecule has 0 aliphatic heterocycles. The molecule has 1 fully saturated rings. The molecule has 0 aromatic carbocycles. The summed E-state index contributed by atoms with van der Waals surface area (Å²) in [5.74, 6) is 3.50. The van der Waals surface area contributed by atoms with Crippen LogP contribution in [-0.2, 0) is 0 Å². The van der Waals surface area contributed by atoms with Gasteiger partial charge in [-0.15, -0.1) is 0 Å². The summed E-state index contributed by atoms with van der Waals surface area (Å²) in [5, 5.41) is 0. The van der Waals surface area contributed by atoms with Gasteiger partial charge in [-0.1, -0.05) is 19.8 Å². The molecule has 1 heterocycles. The van der Waals surface area contributed by atoms with E-state index in [1.807, 2.05) is 13.8 Å². The molecule has 0 amide bonds. The molecular formula is C15H25NO. The first-order valence-electron chi connectivity index (χ1n) is 6.82. The summed E-state index contributed by atoms with van der Waals surface area (Å²) in [5.41, 5.74) is 9.01. The van der Waals surface area contributed by atoms with E-state index >= 15 is 0 Å². The Bertz CT molecular complexity index is 394. The van der Waals surface area contributed by atoms with Crippen LogP contribution in [0.1, 0.15) is 61.3 Å². The maximum absolute atomic E-state index is 6.49. The Morgan fingerprint density at radius 3 is 2.41 bits per heavy atom. The van der Waals surface area contributed by atoms with Crippen molar-refractivity contribution in [1.29, 1.82) is 0 Å². The normalized spacial score (nSPS) is 27.1. The lowest BCUT2D eigenvalue weighted by atomic mass is 9.76. The van der Waals surface area contributed by atoms with Gasteiger partial charge < -0.3 is 10.2 Å². The second-order valence-corrected chi connectivity index (χ2v) is 5.81. The maximum atomic E-state index is 6.49. The predicted molar refractivity (Wildman–Crippen MR) is 71.0 cm³/mol. The van der Waals surface area contributed by atoms with Crippen LogP contribution in [0.4, 0.5) is 0 Å². The van der Waals surface area contributed by atoms with Gasteiger partial charge >= 0.3 is 0 Å². The van der Waals surface area contributed by atoms with Gasteiger partial charge in [0.2, 0.25) is 0 Å². The van der Waals surface area contributed by atoms with E-state index in [-0.39, 0.29) is 6.04 Å². The average Bonchev–Trinajstić information content (AvgIpc) is 2.52. The predicted octanol–water partition coefficient (Wildman–Crippen LogP) is 4.03. The minimum absolute atomic E-state index is 0.162. The standard InChI is InChI=1S/C15H25NO/c1-9-6-5-7-13(8-9)15(16)14-10(2)11(3)17-12(14)4/h9,13,15H,5-8,16H2,1-4H3. The summed E-state index contributed by atoms with van der Waals surface area (Å²) < 4.78 is 5.70. The number of furan rings is 1. The zero-order valence-corrected chi connectivity index (χ0v) is 11.5. The highest BCUT2D eigenvalue weighted by Gasteiger charge is 2.28. The van der Waals surface area contributed by atoms with Gasteiger partial charge in [0.1, 0.15) is 11.5 Å². The minimum atomic E-state index is 0.162. The molecule has 2 N–H and O–H groups in total. The lowest BCUT2D eigenvalue weighted by molar-refractivity contribution is 0.246. The van der Waals surface area contributed by atoms with Crippen molar-refractivity contribution in [3.63, 3.8) is 0 Å². The molecule has 3 unspecified atom stereocenters. The SMILES string of the molecule is Cc1oc(C)c(C(N)C2CCCC(C)C2)c1C. The van der Waals surface area contributed by atoms with E-state index < -0.39 is 0 Å². The molecule has 17 heavy (non-hydrogen) atoms. The highest BCUT2D eigenvalue weighted by atomic mass is 16.3. The maximum Gasteiger partial charge on any atom is 0.106 e. The first-order valence-corrected chi connectivity index (χ1v) is 6.82. The average molecular weight is 235 g/mol. The first-order chi connectivity index (χ1) is 8.00. The van der Waals surface area contributed by atoms with Crippen LogP contribution in [-0.4, -0.2) is 0 Å². The summed E-state index contributed by atoms with van der Waals surface area (Å²) >= 11 is 0. The molecule has 0 bridgehead atoms. The minimum Gasteiger partial charge on any atom is -0.466 e. The topological polar surface area (TPSA) is 39.2 Å². The largest absolute Gasteiger partial charge is 0.466 e. The molecule has 1 saturated carbocycles. The molecule has 1 aromatic rings. The molecule has 0 radical (unpaired) electrons. The number of aryl methyl sites for hydroxylation is 2. The van der Waals surface area contributed by atoms with Gasteiger partial charge in [0, 0.05) is 11.6 Å². The molecule has 96 valence electrons. The highest BCUT2D eigenvalue weighted by molar-refractivity contribution is 5.34. The van der Waals surface area contributed by atoms with Gasteiger partial charge in [0.05, 0.1) is 0 Å². The number of hydrogen-bond acceptors (Lipinski definition) is 2. The molecule has 1 aromatic heterocycles. The summed E-state index contributed by atoms with van der Waals surface area (Å²) in [6.45, 7) is 8.55. The molecule has 3 atom stereocenters. The van der Waals surface area contributed by atoms with E-state index in [4.69, 9.17) is 10.2 Å². The van der Waals surface area contributed by atoms with Crippen molar-refractivity contribution in [2.24, 2.45) is 17.6 Å². The van der Waals surface area contributed by atoms with E-state index in [0.717, 1.165) is 17.4 Å². The zero-order chi connectivity index (χ0) is 12.6. The lowest BCUT2D eigenvalue weighted by Gasteiger charge is -2.31. The third-order valence-electron chi connectivity index (χ3n) is 4.44. The second-order valence-electron chi connectivity index (χ2n) is 5.81. The fourth-order valence-corrected chi connectivity index (χ4v) is 3.34. The number of nitrogens with two attached hydrogens (primary N) is 1. The summed E-state index contributed by atoms with van der Waals surface area (Å²) in [4.78, 5) is 0. The molecule has 2 heteroatoms. The fraction of sp³-hybridized carbons (Fsp3) is 0.733. The third kappa shape index (κ3) is 2.42. The van der Waals surface area contributed by atoms with Crippen LogP contribution in [0.5, 0.6) is 0 Å². The van der Waals surface area contributed by atoms with Crippen LogP contribution in [0.2, 0.25) is 0 Å². The second kappa shape index (κ2) is 4.85. The van der Waals surface area contributed by atoms with Crippen molar-refractivity contribution in [1.82, 2.24) is 0 Å². The molecule has 0 spiro atoms. The highest BCUT2D eigenvalue weighted by Crippen LogP contribution is 2.38. The van der Waals surface area contributed by atoms with Crippen LogP contribution < -0.4 is 5.73 Å². The molecule has 0 saturated heterocycles. The van der Waals surface area contributed by atoms with Crippen molar-refractivity contribution in [2.45, 2.75) is 59.4 Å². The van der Waals surface area contributed by atoms with Crippen molar-refractivity contribution in [3.05, 3.63) is 22.6 Å². The first kappa shape index (κ1) is 12.7. The van der Waals surface area contributed by atoms with Gasteiger partial charge in [-0.25, -0.2) is 0 Å². The molecule has 1 aliphatic rings. The monoisotopic (exact) mass is 235 g/mol. The van der Waals surface area contributed by atoms with Crippen LogP contribution >= 0.6 is 0 Å². The summed E-state index contributed by atoms with van der Waals surface area (Å²) in [6, 6.07) is 0.162. The van der Waals surface area contributed by atoms with Gasteiger partial charge in [-0.3, -0.25) is 0 Å². The smallest absolute Gasteiger partial charge is 0.106 e. The quantitative estimate of drug-likeness (QED) is 0.840. The molecule has 2 nitrogen and oxygen atoms in total. The Labute approximate surface area is 105 Å². The van der Waals surface area contributed by atoms with Crippen LogP contribution in [0.15, 0.2) is 4.42 Å². The fourth-order valence-electron chi connectivity index (χ4n) is 3.34. The van der Waals surface area contributed by atoms with E-state index in [9.17, 15) is 0 Å². The number of hydrogen-bond donors (Lipinski definition) is 1. The number of rotatable bonds is 2. The Hall–Kier alpha value is -0.760. The Kier molecular flexibility index (Phi) is 3.62. The Morgan fingerprint density at radius 1 is 1.18 bits per heavy atom. The zero-order valence-electron chi connectivity index (χ0n) is 11.5. The molecular weight excluding hydrogens is 210 g/mol. The van der Waals surface area contributed by atoms with Gasteiger partial charge in [0.25, 0.3) is 0 Å². The van der Waals surface area contributed by atoms with E-state index in [1.54, 1.807) is 0 Å². The van der Waals surface area contributed by atoms with Crippen LogP contribution in [0, 0.1) is 32.6 Å². The van der Waals surface area contributed by atoms with E-state index in [2.05, 4.69) is 13.8 Å². The van der Waals surface area contributed by atoms with Gasteiger partial charge in [0.15, 0.2) is 0 Å². The molecule has 2 rings (SSSR count). The summed E-state index contributed by atoms with van der Waals surface area (Å²) in [6.07, 6.45) is 5.24. The van der Waals surface area contributed by atoms with Crippen LogP contribution in [0.25, 0.3) is 0 Å². The van der Waals surface area contributed by atoms with Crippen molar-refractivity contribution < 1.29 is 4.42 Å². The summed E-state index contributed by atoms with van der Waals surface area (Å²) in [7, 11) is 0. The third-order valence-corrected chi connectivity index (χ3v) is 4.44. The van der Waals surface area contributed by atoms with Crippen molar-refractivity contribution >= 4 is 0 Å². The molecule has 1 aliphatic carbocycles. The Balaban J connectivity index is 2.21. The van der Waals surface area contributed by atoms with Gasteiger partial charge in [-0.05, 0) is 51.0 Å². The van der Waals surface area contributed by atoms with Crippen molar-refractivity contribution in [2.75, 3.05) is 0 Å². The van der Waals surface area contributed by atoms with E-state index in [1.165, 1.54) is 36.8 Å². The van der Waals surface area contributed by atoms with Crippen LogP contribution in [0.3, 0.4) is 0 Å². The van der Waals surface area contributed by atoms with E-state index in [0.29, 0.717) is 5.92 Å². The Morgan fingerprint density at radius 2 is 1.88 bits per heavy atom. The van der Waals surface area contributed by atoms with Gasteiger partial charge in [-0.2, -0.15) is 0 Å². The van der Waals surface area contributed by atoms with Crippen molar-refractivity contribution in [3.8, 4) is 0 Å².